The van der Waals surface area contributed by atoms with Crippen molar-refractivity contribution in [2.45, 2.75) is 38.4 Å². The summed E-state index contributed by atoms with van der Waals surface area (Å²) in [6, 6.07) is 3.90. The summed E-state index contributed by atoms with van der Waals surface area (Å²) in [6.07, 6.45) is -3.78. The van der Waals surface area contributed by atoms with E-state index in [9.17, 15) is 27.6 Å². The second kappa shape index (κ2) is 6.62. The van der Waals surface area contributed by atoms with Crippen LogP contribution in [0.2, 0.25) is 0 Å². The first-order valence-corrected chi connectivity index (χ1v) is 8.28. The van der Waals surface area contributed by atoms with E-state index in [2.05, 4.69) is 5.32 Å². The van der Waals surface area contributed by atoms with Gasteiger partial charge in [-0.2, -0.15) is 13.2 Å². The largest absolute Gasteiger partial charge is 0.471 e. The van der Waals surface area contributed by atoms with Crippen LogP contribution in [0.4, 0.5) is 24.5 Å². The van der Waals surface area contributed by atoms with E-state index < -0.39 is 24.0 Å². The number of hydrogen-bond donors (Lipinski definition) is 1. The molecule has 2 heterocycles. The number of benzene rings is 1. The van der Waals surface area contributed by atoms with Gasteiger partial charge in [-0.1, -0.05) is 6.07 Å². The smallest absolute Gasteiger partial charge is 0.324 e. The number of rotatable bonds is 2. The fraction of sp³-hybridized carbons (Fsp3) is 0.471. The standard InChI is InChI=1S/C17H18F3N3O3/c1-10(24)22-8-6-11-4-5-12(9-14(11)22)21-15(25)13-3-2-7-23(13)16(26)17(18,19)20/h4-5,9,13H,2-3,6-8H2,1H3,(H,21,25). The summed E-state index contributed by atoms with van der Waals surface area (Å²) in [5.74, 6) is -2.77. The zero-order valence-electron chi connectivity index (χ0n) is 14.1. The van der Waals surface area contributed by atoms with Crippen LogP contribution >= 0.6 is 0 Å². The van der Waals surface area contributed by atoms with Crippen LogP contribution in [0.15, 0.2) is 18.2 Å². The molecular formula is C17H18F3N3O3. The molecule has 1 aromatic rings. The molecule has 6 nitrogen and oxygen atoms in total. The van der Waals surface area contributed by atoms with Gasteiger partial charge in [0, 0.05) is 31.4 Å². The maximum absolute atomic E-state index is 12.7. The molecule has 3 rings (SSSR count). The number of anilines is 2. The molecule has 1 saturated heterocycles. The fourth-order valence-electron chi connectivity index (χ4n) is 3.45. The van der Waals surface area contributed by atoms with Crippen LogP contribution < -0.4 is 10.2 Å². The Bertz CT molecular complexity index is 763. The number of halogens is 3. The average Bonchev–Trinajstić information content (AvgIpc) is 3.19. The lowest BCUT2D eigenvalue weighted by molar-refractivity contribution is -0.186. The molecule has 3 amide bonds. The Balaban J connectivity index is 1.75. The summed E-state index contributed by atoms with van der Waals surface area (Å²) >= 11 is 0. The summed E-state index contributed by atoms with van der Waals surface area (Å²) in [6.45, 7) is 1.90. The normalized spacial score (nSPS) is 19.5. The molecule has 1 atom stereocenters. The number of nitrogens with zero attached hydrogens (tertiary/aromatic N) is 2. The van der Waals surface area contributed by atoms with Crippen molar-refractivity contribution in [3.8, 4) is 0 Å². The van der Waals surface area contributed by atoms with Crippen molar-refractivity contribution in [3.05, 3.63) is 23.8 Å². The SMILES string of the molecule is CC(=O)N1CCc2ccc(NC(=O)C3CCCN3C(=O)C(F)(F)F)cc21. The van der Waals surface area contributed by atoms with Gasteiger partial charge in [0.15, 0.2) is 0 Å². The number of fused-ring (bicyclic) bond motifs is 1. The molecule has 0 saturated carbocycles. The minimum atomic E-state index is -5.00. The molecular weight excluding hydrogens is 351 g/mol. The van der Waals surface area contributed by atoms with E-state index in [0.29, 0.717) is 35.7 Å². The minimum Gasteiger partial charge on any atom is -0.324 e. The van der Waals surface area contributed by atoms with E-state index in [0.717, 1.165) is 5.56 Å². The highest BCUT2D eigenvalue weighted by molar-refractivity contribution is 6.00. The van der Waals surface area contributed by atoms with Gasteiger partial charge in [0.1, 0.15) is 6.04 Å². The number of hydrogen-bond acceptors (Lipinski definition) is 3. The Morgan fingerprint density at radius 2 is 1.92 bits per heavy atom. The molecule has 0 radical (unpaired) electrons. The van der Waals surface area contributed by atoms with Gasteiger partial charge in [-0.25, -0.2) is 0 Å². The van der Waals surface area contributed by atoms with Gasteiger partial charge in [-0.05, 0) is 37.0 Å². The third-order valence-electron chi connectivity index (χ3n) is 4.69. The quantitative estimate of drug-likeness (QED) is 0.868. The Labute approximate surface area is 147 Å². The summed E-state index contributed by atoms with van der Waals surface area (Å²) in [5.41, 5.74) is 2.03. The van der Waals surface area contributed by atoms with Gasteiger partial charge >= 0.3 is 12.1 Å². The van der Waals surface area contributed by atoms with Crippen LogP contribution in [0.5, 0.6) is 0 Å². The van der Waals surface area contributed by atoms with Crippen molar-refractivity contribution in [2.24, 2.45) is 0 Å². The molecule has 1 aromatic carbocycles. The molecule has 2 aliphatic rings. The molecule has 1 N–H and O–H groups in total. The topological polar surface area (TPSA) is 69.7 Å². The first kappa shape index (κ1) is 18.2. The van der Waals surface area contributed by atoms with Crippen LogP contribution in [0.1, 0.15) is 25.3 Å². The summed E-state index contributed by atoms with van der Waals surface area (Å²) < 4.78 is 38.0. The molecule has 2 aliphatic heterocycles. The van der Waals surface area contributed by atoms with E-state index in [1.807, 2.05) is 0 Å². The molecule has 1 unspecified atom stereocenters. The van der Waals surface area contributed by atoms with Crippen LogP contribution in [0, 0.1) is 0 Å². The molecule has 9 heteroatoms. The van der Waals surface area contributed by atoms with Gasteiger partial charge in [0.05, 0.1) is 0 Å². The molecule has 0 spiro atoms. The van der Waals surface area contributed by atoms with Crippen molar-refractivity contribution < 1.29 is 27.6 Å². The lowest BCUT2D eigenvalue weighted by Crippen LogP contribution is -2.48. The van der Waals surface area contributed by atoms with Gasteiger partial charge in [-0.15, -0.1) is 0 Å². The lowest BCUT2D eigenvalue weighted by atomic mass is 10.1. The number of alkyl halides is 3. The predicted octanol–water partition coefficient (Wildman–Crippen LogP) is 2.09. The Morgan fingerprint density at radius 3 is 2.58 bits per heavy atom. The van der Waals surface area contributed by atoms with E-state index in [4.69, 9.17) is 0 Å². The van der Waals surface area contributed by atoms with Crippen LogP contribution in [-0.2, 0) is 20.8 Å². The minimum absolute atomic E-state index is 0.0985. The van der Waals surface area contributed by atoms with E-state index in [1.54, 1.807) is 23.1 Å². The highest BCUT2D eigenvalue weighted by Gasteiger charge is 2.47. The van der Waals surface area contributed by atoms with Crippen LogP contribution in [-0.4, -0.2) is 47.9 Å². The second-order valence-electron chi connectivity index (χ2n) is 6.41. The van der Waals surface area contributed by atoms with E-state index in [1.165, 1.54) is 6.92 Å². The van der Waals surface area contributed by atoms with Gasteiger partial charge < -0.3 is 15.1 Å². The maximum Gasteiger partial charge on any atom is 0.471 e. The zero-order chi connectivity index (χ0) is 19.1. The van der Waals surface area contributed by atoms with E-state index in [-0.39, 0.29) is 18.9 Å². The first-order valence-electron chi connectivity index (χ1n) is 8.28. The van der Waals surface area contributed by atoms with Crippen molar-refractivity contribution >= 4 is 29.1 Å². The fourth-order valence-corrected chi connectivity index (χ4v) is 3.45. The first-order chi connectivity index (χ1) is 12.2. The van der Waals surface area contributed by atoms with Crippen molar-refractivity contribution in [1.29, 1.82) is 0 Å². The maximum atomic E-state index is 12.7. The van der Waals surface area contributed by atoms with Crippen molar-refractivity contribution in [1.82, 2.24) is 4.90 Å². The number of amides is 3. The molecule has 0 bridgehead atoms. The third-order valence-corrected chi connectivity index (χ3v) is 4.69. The molecule has 140 valence electrons. The lowest BCUT2D eigenvalue weighted by Gasteiger charge is -2.25. The Kier molecular flexibility index (Phi) is 4.64. The molecule has 26 heavy (non-hydrogen) atoms. The summed E-state index contributed by atoms with van der Waals surface area (Å²) in [7, 11) is 0. The predicted molar refractivity (Wildman–Crippen MR) is 87.6 cm³/mol. The number of carbonyl (C=O) groups excluding carboxylic acids is 3. The second-order valence-corrected chi connectivity index (χ2v) is 6.41. The third kappa shape index (κ3) is 3.38. The molecule has 0 aromatic heterocycles. The zero-order valence-corrected chi connectivity index (χ0v) is 14.1. The molecule has 1 fully saturated rings. The Morgan fingerprint density at radius 1 is 1.19 bits per heavy atom. The highest BCUT2D eigenvalue weighted by Crippen LogP contribution is 2.32. The van der Waals surface area contributed by atoms with Crippen molar-refractivity contribution in [3.63, 3.8) is 0 Å². The van der Waals surface area contributed by atoms with E-state index >= 15 is 0 Å². The van der Waals surface area contributed by atoms with Crippen LogP contribution in [0.3, 0.4) is 0 Å². The Hall–Kier alpha value is -2.58. The van der Waals surface area contributed by atoms with Crippen LogP contribution in [0.25, 0.3) is 0 Å². The van der Waals surface area contributed by atoms with Crippen molar-refractivity contribution in [2.75, 3.05) is 23.3 Å². The summed E-state index contributed by atoms with van der Waals surface area (Å²) in [4.78, 5) is 37.7. The number of carbonyl (C=O) groups is 3. The monoisotopic (exact) mass is 369 g/mol. The number of nitrogens with one attached hydrogen (secondary N) is 1. The van der Waals surface area contributed by atoms with Gasteiger partial charge in [0.2, 0.25) is 11.8 Å². The average molecular weight is 369 g/mol. The summed E-state index contributed by atoms with van der Waals surface area (Å²) in [5, 5.41) is 2.57. The van der Waals surface area contributed by atoms with Gasteiger partial charge in [-0.3, -0.25) is 14.4 Å². The highest BCUT2D eigenvalue weighted by atomic mass is 19.4. The van der Waals surface area contributed by atoms with Gasteiger partial charge in [0.25, 0.3) is 0 Å². The molecule has 0 aliphatic carbocycles. The number of likely N-dealkylation sites (tertiary alicyclic amines) is 1.